The molecule has 0 unspecified atom stereocenters. The van der Waals surface area contributed by atoms with E-state index in [0.29, 0.717) is 37.9 Å². The van der Waals surface area contributed by atoms with Crippen molar-refractivity contribution < 1.29 is 14.0 Å². The maximum absolute atomic E-state index is 13.4. The lowest BCUT2D eigenvalue weighted by molar-refractivity contribution is -0.128. The zero-order valence-corrected chi connectivity index (χ0v) is 13.5. The first kappa shape index (κ1) is 18.1. The Kier molecular flexibility index (Phi) is 7.02. The van der Waals surface area contributed by atoms with E-state index in [0.717, 1.165) is 0 Å². The lowest BCUT2D eigenvalue weighted by Gasteiger charge is -2.17. The number of rotatable bonds is 7. The fraction of sp³-hybridized carbons (Fsp3) is 0.529. The molecule has 2 N–H and O–H groups in total. The summed E-state index contributed by atoms with van der Waals surface area (Å²) in [6.45, 7) is 6.43. The first-order valence-electron chi connectivity index (χ1n) is 7.59. The van der Waals surface area contributed by atoms with Crippen molar-refractivity contribution in [2.24, 2.45) is 5.41 Å². The normalized spacial score (nSPS) is 11.1. The molecule has 1 rings (SSSR count). The Morgan fingerprint density at radius 3 is 2.41 bits per heavy atom. The zero-order valence-electron chi connectivity index (χ0n) is 13.5. The number of halogens is 1. The molecule has 0 heterocycles. The molecule has 122 valence electrons. The molecule has 0 saturated heterocycles. The number of amides is 2. The average Bonchev–Trinajstić information content (AvgIpc) is 2.44. The van der Waals surface area contributed by atoms with Crippen LogP contribution in [0.4, 0.5) is 4.39 Å². The molecule has 1 aromatic rings. The maximum Gasteiger partial charge on any atom is 0.225 e. The van der Waals surface area contributed by atoms with Gasteiger partial charge in [-0.15, -0.1) is 0 Å². The molecule has 22 heavy (non-hydrogen) atoms. The molecule has 0 aliphatic heterocycles. The highest BCUT2D eigenvalue weighted by molar-refractivity contribution is 5.81. The fourth-order valence-corrected chi connectivity index (χ4v) is 1.84. The topological polar surface area (TPSA) is 58.2 Å². The third-order valence-corrected chi connectivity index (χ3v) is 3.22. The van der Waals surface area contributed by atoms with Crippen molar-refractivity contribution in [1.82, 2.24) is 10.6 Å². The molecule has 5 heteroatoms. The minimum Gasteiger partial charge on any atom is -0.356 e. The monoisotopic (exact) mass is 308 g/mol. The highest BCUT2D eigenvalue weighted by Crippen LogP contribution is 2.12. The molecule has 0 aliphatic carbocycles. The summed E-state index contributed by atoms with van der Waals surface area (Å²) >= 11 is 0. The molecule has 0 spiro atoms. The summed E-state index contributed by atoms with van der Waals surface area (Å²) in [5.74, 6) is -0.351. The van der Waals surface area contributed by atoms with E-state index in [2.05, 4.69) is 10.6 Å². The number of carbonyl (C=O) groups is 2. The van der Waals surface area contributed by atoms with Crippen molar-refractivity contribution >= 4 is 11.8 Å². The summed E-state index contributed by atoms with van der Waals surface area (Å²) in [7, 11) is 0. The van der Waals surface area contributed by atoms with E-state index in [-0.39, 0.29) is 17.6 Å². The van der Waals surface area contributed by atoms with Gasteiger partial charge in [-0.2, -0.15) is 0 Å². The summed E-state index contributed by atoms with van der Waals surface area (Å²) in [5, 5.41) is 5.56. The van der Waals surface area contributed by atoms with Crippen LogP contribution in [0.2, 0.25) is 0 Å². The summed E-state index contributed by atoms with van der Waals surface area (Å²) in [6.07, 6.45) is 1.41. The van der Waals surface area contributed by atoms with Gasteiger partial charge in [0.2, 0.25) is 11.8 Å². The Bertz CT molecular complexity index is 510. The smallest absolute Gasteiger partial charge is 0.225 e. The summed E-state index contributed by atoms with van der Waals surface area (Å²) < 4.78 is 13.4. The van der Waals surface area contributed by atoms with Crippen LogP contribution in [0.25, 0.3) is 0 Å². The lowest BCUT2D eigenvalue weighted by Crippen LogP contribution is -2.35. The van der Waals surface area contributed by atoms with Crippen molar-refractivity contribution in [2.45, 2.75) is 40.0 Å². The van der Waals surface area contributed by atoms with Crippen molar-refractivity contribution in [3.8, 4) is 0 Å². The molecule has 0 fully saturated rings. The minimum absolute atomic E-state index is 0.0209. The van der Waals surface area contributed by atoms with E-state index in [4.69, 9.17) is 0 Å². The SMILES string of the molecule is CC(C)(C)C(=O)NCCCC(=O)NCCc1ccccc1F. The molecule has 0 radical (unpaired) electrons. The highest BCUT2D eigenvalue weighted by Gasteiger charge is 2.20. The van der Waals surface area contributed by atoms with Gasteiger partial charge in [-0.25, -0.2) is 4.39 Å². The van der Waals surface area contributed by atoms with Crippen molar-refractivity contribution in [3.63, 3.8) is 0 Å². The van der Waals surface area contributed by atoms with Gasteiger partial charge in [-0.3, -0.25) is 9.59 Å². The van der Waals surface area contributed by atoms with Gasteiger partial charge in [-0.05, 0) is 24.5 Å². The first-order chi connectivity index (χ1) is 10.3. The molecule has 0 saturated carbocycles. The van der Waals surface area contributed by atoms with E-state index in [1.807, 2.05) is 20.8 Å². The van der Waals surface area contributed by atoms with Crippen LogP contribution in [0.5, 0.6) is 0 Å². The molecule has 1 aromatic carbocycles. The quantitative estimate of drug-likeness (QED) is 0.760. The molecule has 0 aromatic heterocycles. The Morgan fingerprint density at radius 2 is 1.77 bits per heavy atom. The number of nitrogens with one attached hydrogen (secondary N) is 2. The third-order valence-electron chi connectivity index (χ3n) is 3.22. The number of carbonyl (C=O) groups excluding carboxylic acids is 2. The zero-order chi connectivity index (χ0) is 16.6. The van der Waals surface area contributed by atoms with E-state index in [9.17, 15) is 14.0 Å². The second kappa shape index (κ2) is 8.51. The van der Waals surface area contributed by atoms with E-state index >= 15 is 0 Å². The van der Waals surface area contributed by atoms with Gasteiger partial charge in [-0.1, -0.05) is 39.0 Å². The van der Waals surface area contributed by atoms with Crippen molar-refractivity contribution in [2.75, 3.05) is 13.1 Å². The van der Waals surface area contributed by atoms with Crippen LogP contribution in [0, 0.1) is 11.2 Å². The molecule has 2 amide bonds. The fourth-order valence-electron chi connectivity index (χ4n) is 1.84. The molecular weight excluding hydrogens is 283 g/mol. The van der Waals surface area contributed by atoms with Crippen LogP contribution in [-0.2, 0) is 16.0 Å². The van der Waals surface area contributed by atoms with Crippen molar-refractivity contribution in [3.05, 3.63) is 35.6 Å². The van der Waals surface area contributed by atoms with Crippen LogP contribution >= 0.6 is 0 Å². The van der Waals surface area contributed by atoms with Crippen molar-refractivity contribution in [1.29, 1.82) is 0 Å². The van der Waals surface area contributed by atoms with Gasteiger partial charge in [0.1, 0.15) is 5.82 Å². The van der Waals surface area contributed by atoms with Gasteiger partial charge in [0.15, 0.2) is 0 Å². The maximum atomic E-state index is 13.4. The van der Waals surface area contributed by atoms with Crippen LogP contribution in [-0.4, -0.2) is 24.9 Å². The predicted molar refractivity (Wildman–Crippen MR) is 84.8 cm³/mol. The Labute approximate surface area is 131 Å². The van der Waals surface area contributed by atoms with Gasteiger partial charge < -0.3 is 10.6 Å². The van der Waals surface area contributed by atoms with Crippen LogP contribution in [0.15, 0.2) is 24.3 Å². The molecule has 0 atom stereocenters. The Hall–Kier alpha value is -1.91. The average molecular weight is 308 g/mol. The van der Waals surface area contributed by atoms with Crippen LogP contribution < -0.4 is 10.6 Å². The Morgan fingerprint density at radius 1 is 1.09 bits per heavy atom. The van der Waals surface area contributed by atoms with Gasteiger partial charge in [0.25, 0.3) is 0 Å². The predicted octanol–water partition coefficient (Wildman–Crippen LogP) is 2.43. The molecule has 0 bridgehead atoms. The highest BCUT2D eigenvalue weighted by atomic mass is 19.1. The van der Waals surface area contributed by atoms with Crippen LogP contribution in [0.3, 0.4) is 0 Å². The van der Waals surface area contributed by atoms with E-state index < -0.39 is 5.41 Å². The third kappa shape index (κ3) is 6.70. The number of hydrogen-bond acceptors (Lipinski definition) is 2. The molecule has 4 nitrogen and oxygen atoms in total. The second-order valence-electron chi connectivity index (χ2n) is 6.30. The summed E-state index contributed by atoms with van der Waals surface area (Å²) in [4.78, 5) is 23.3. The van der Waals surface area contributed by atoms with Crippen LogP contribution in [0.1, 0.15) is 39.2 Å². The van der Waals surface area contributed by atoms with E-state index in [1.54, 1.807) is 18.2 Å². The van der Waals surface area contributed by atoms with Gasteiger partial charge in [0, 0.05) is 24.9 Å². The Balaban J connectivity index is 2.14. The molecular formula is C17H25FN2O2. The van der Waals surface area contributed by atoms with Gasteiger partial charge >= 0.3 is 0 Å². The largest absolute Gasteiger partial charge is 0.356 e. The minimum atomic E-state index is -0.415. The summed E-state index contributed by atoms with van der Waals surface area (Å²) in [6, 6.07) is 6.54. The standard InChI is InChI=1S/C17H25FN2O2/c1-17(2,3)16(22)20-11-6-9-15(21)19-12-10-13-7-4-5-8-14(13)18/h4-5,7-8H,6,9-12H2,1-3H3,(H,19,21)(H,20,22). The number of benzene rings is 1. The molecule has 0 aliphatic rings. The first-order valence-corrected chi connectivity index (χ1v) is 7.59. The summed E-state index contributed by atoms with van der Waals surface area (Å²) in [5.41, 5.74) is 0.183. The number of hydrogen-bond donors (Lipinski definition) is 2. The lowest BCUT2D eigenvalue weighted by atomic mass is 9.96. The van der Waals surface area contributed by atoms with Gasteiger partial charge in [0.05, 0.1) is 0 Å². The second-order valence-corrected chi connectivity index (χ2v) is 6.30. The van der Waals surface area contributed by atoms with E-state index in [1.165, 1.54) is 6.07 Å².